The highest BCUT2D eigenvalue weighted by atomic mass is 35.5. The largest absolute Gasteiger partial charge is 0.336 e. The maximum atomic E-state index is 12.2. The number of hydrogen-bond acceptors (Lipinski definition) is 2. The Kier molecular flexibility index (Phi) is 6.96. The minimum Gasteiger partial charge on any atom is -0.336 e. The second kappa shape index (κ2) is 8.77. The topological polar surface area (TPSA) is 49.4 Å². The minimum atomic E-state index is -0.403. The zero-order valence-electron chi connectivity index (χ0n) is 13.2. The summed E-state index contributed by atoms with van der Waals surface area (Å²) in [7, 11) is 1.54. The number of nitrogens with zero attached hydrogens (tertiary/aromatic N) is 1. The summed E-state index contributed by atoms with van der Waals surface area (Å²) in [4.78, 5) is 25.7. The predicted octanol–water partition coefficient (Wildman–Crippen LogP) is 4.94. The fraction of sp³-hybridized carbons (Fsp3) is 0.176. The highest BCUT2D eigenvalue weighted by molar-refractivity contribution is 6.42. The molecule has 0 aliphatic rings. The summed E-state index contributed by atoms with van der Waals surface area (Å²) >= 11 is 23.8. The van der Waals surface area contributed by atoms with Crippen molar-refractivity contribution in [1.29, 1.82) is 0 Å². The standard InChI is InChI=1S/C17H14Cl4N2O2/c1-23(16(25)8-10-5-6-11(18)14(21)7-10)9-15(24)22-17-12(19)3-2-4-13(17)20/h2-7H,8-9H2,1H3,(H,22,24). The molecule has 0 saturated carbocycles. The lowest BCUT2D eigenvalue weighted by atomic mass is 10.1. The van der Waals surface area contributed by atoms with E-state index in [9.17, 15) is 9.59 Å². The molecular formula is C17H14Cl4N2O2. The number of likely N-dealkylation sites (N-methyl/N-ethyl adjacent to an activating group) is 1. The van der Waals surface area contributed by atoms with Crippen molar-refractivity contribution in [1.82, 2.24) is 4.90 Å². The average molecular weight is 420 g/mol. The van der Waals surface area contributed by atoms with Gasteiger partial charge in [-0.3, -0.25) is 9.59 Å². The van der Waals surface area contributed by atoms with E-state index in [0.717, 1.165) is 0 Å². The maximum absolute atomic E-state index is 12.2. The van der Waals surface area contributed by atoms with Crippen molar-refractivity contribution in [3.8, 4) is 0 Å². The number of hydrogen-bond donors (Lipinski definition) is 1. The lowest BCUT2D eigenvalue weighted by Gasteiger charge is -2.17. The number of rotatable bonds is 5. The Morgan fingerprint density at radius 3 is 2.20 bits per heavy atom. The summed E-state index contributed by atoms with van der Waals surface area (Å²) in [6, 6.07) is 9.86. The molecule has 132 valence electrons. The number of anilines is 1. The molecule has 4 nitrogen and oxygen atoms in total. The van der Waals surface area contributed by atoms with Gasteiger partial charge in [-0.15, -0.1) is 0 Å². The summed E-state index contributed by atoms with van der Waals surface area (Å²) in [5.41, 5.74) is 1.03. The molecule has 8 heteroatoms. The molecule has 0 aliphatic heterocycles. The molecule has 2 aromatic carbocycles. The van der Waals surface area contributed by atoms with Crippen LogP contribution in [0.15, 0.2) is 36.4 Å². The molecule has 2 rings (SSSR count). The van der Waals surface area contributed by atoms with E-state index in [1.54, 1.807) is 36.4 Å². The molecule has 0 fully saturated rings. The molecular weight excluding hydrogens is 406 g/mol. The van der Waals surface area contributed by atoms with E-state index in [4.69, 9.17) is 46.4 Å². The van der Waals surface area contributed by atoms with Gasteiger partial charge in [-0.2, -0.15) is 0 Å². The molecule has 1 N–H and O–H groups in total. The third kappa shape index (κ3) is 5.51. The molecule has 0 bridgehead atoms. The lowest BCUT2D eigenvalue weighted by Crippen LogP contribution is -2.35. The van der Waals surface area contributed by atoms with Crippen LogP contribution in [-0.2, 0) is 16.0 Å². The SMILES string of the molecule is CN(CC(=O)Nc1c(Cl)cccc1Cl)C(=O)Cc1ccc(Cl)c(Cl)c1. The van der Waals surface area contributed by atoms with Gasteiger partial charge in [-0.05, 0) is 29.8 Å². The van der Waals surface area contributed by atoms with Gasteiger partial charge in [-0.25, -0.2) is 0 Å². The lowest BCUT2D eigenvalue weighted by molar-refractivity contribution is -0.132. The summed E-state index contributed by atoms with van der Waals surface area (Å²) in [6.07, 6.45) is 0.105. The Balaban J connectivity index is 1.96. The van der Waals surface area contributed by atoms with Gasteiger partial charge in [-0.1, -0.05) is 58.5 Å². The normalized spacial score (nSPS) is 10.4. The van der Waals surface area contributed by atoms with Crippen molar-refractivity contribution in [2.24, 2.45) is 0 Å². The molecule has 2 amide bonds. The van der Waals surface area contributed by atoms with Crippen LogP contribution in [-0.4, -0.2) is 30.3 Å². The third-order valence-corrected chi connectivity index (χ3v) is 4.74. The van der Waals surface area contributed by atoms with E-state index in [-0.39, 0.29) is 18.9 Å². The third-order valence-electron chi connectivity index (χ3n) is 3.37. The number of carbonyl (C=O) groups is 2. The first-order valence-electron chi connectivity index (χ1n) is 7.19. The Morgan fingerprint density at radius 2 is 1.60 bits per heavy atom. The Labute approximate surface area is 165 Å². The number of nitrogens with one attached hydrogen (secondary N) is 1. The number of carbonyl (C=O) groups excluding carboxylic acids is 2. The number of para-hydroxylation sites is 1. The molecule has 25 heavy (non-hydrogen) atoms. The molecule has 0 atom stereocenters. The van der Waals surface area contributed by atoms with Gasteiger partial charge in [0, 0.05) is 7.05 Å². The van der Waals surface area contributed by atoms with Crippen LogP contribution in [0.2, 0.25) is 20.1 Å². The van der Waals surface area contributed by atoms with Gasteiger partial charge in [0.1, 0.15) is 0 Å². The highest BCUT2D eigenvalue weighted by Crippen LogP contribution is 2.29. The molecule has 0 spiro atoms. The zero-order valence-corrected chi connectivity index (χ0v) is 16.2. The number of amides is 2. The van der Waals surface area contributed by atoms with Crippen LogP contribution in [0.25, 0.3) is 0 Å². The van der Waals surface area contributed by atoms with E-state index in [1.165, 1.54) is 11.9 Å². The first kappa shape index (κ1) is 19.9. The van der Waals surface area contributed by atoms with Gasteiger partial charge in [0.25, 0.3) is 0 Å². The molecule has 0 aliphatic carbocycles. The van der Waals surface area contributed by atoms with Gasteiger partial charge >= 0.3 is 0 Å². The highest BCUT2D eigenvalue weighted by Gasteiger charge is 2.16. The fourth-order valence-corrected chi connectivity index (χ4v) is 2.87. The van der Waals surface area contributed by atoms with Crippen LogP contribution in [0.4, 0.5) is 5.69 Å². The van der Waals surface area contributed by atoms with Crippen LogP contribution in [0.5, 0.6) is 0 Å². The second-order valence-electron chi connectivity index (χ2n) is 5.32. The summed E-state index contributed by atoms with van der Waals surface area (Å²) in [6.45, 7) is -0.137. The molecule has 0 heterocycles. The summed E-state index contributed by atoms with van der Waals surface area (Å²) in [5, 5.41) is 4.05. The Morgan fingerprint density at radius 1 is 0.960 bits per heavy atom. The van der Waals surface area contributed by atoms with E-state index in [0.29, 0.717) is 31.3 Å². The van der Waals surface area contributed by atoms with Gasteiger partial charge in [0.05, 0.1) is 38.7 Å². The van der Waals surface area contributed by atoms with E-state index < -0.39 is 5.91 Å². The van der Waals surface area contributed by atoms with Crippen molar-refractivity contribution in [3.05, 3.63) is 62.1 Å². The van der Waals surface area contributed by atoms with Gasteiger partial charge < -0.3 is 10.2 Å². The predicted molar refractivity (Wildman–Crippen MR) is 103 cm³/mol. The van der Waals surface area contributed by atoms with Crippen molar-refractivity contribution in [2.45, 2.75) is 6.42 Å². The van der Waals surface area contributed by atoms with Gasteiger partial charge in [0.15, 0.2) is 0 Å². The van der Waals surface area contributed by atoms with Crippen LogP contribution in [0, 0.1) is 0 Å². The van der Waals surface area contributed by atoms with Crippen molar-refractivity contribution < 1.29 is 9.59 Å². The molecule has 0 unspecified atom stereocenters. The van der Waals surface area contributed by atoms with Crippen LogP contribution in [0.3, 0.4) is 0 Å². The summed E-state index contributed by atoms with van der Waals surface area (Å²) in [5.74, 6) is -0.640. The van der Waals surface area contributed by atoms with Gasteiger partial charge in [0.2, 0.25) is 11.8 Å². The van der Waals surface area contributed by atoms with E-state index >= 15 is 0 Å². The van der Waals surface area contributed by atoms with E-state index in [1.807, 2.05) is 0 Å². The quantitative estimate of drug-likeness (QED) is 0.745. The molecule has 2 aromatic rings. The molecule has 0 saturated heterocycles. The van der Waals surface area contributed by atoms with Crippen molar-refractivity contribution >= 4 is 63.9 Å². The second-order valence-corrected chi connectivity index (χ2v) is 6.95. The first-order chi connectivity index (χ1) is 11.8. The Bertz CT molecular complexity index is 791. The maximum Gasteiger partial charge on any atom is 0.244 e. The first-order valence-corrected chi connectivity index (χ1v) is 8.71. The van der Waals surface area contributed by atoms with E-state index in [2.05, 4.69) is 5.32 Å². The molecule has 0 radical (unpaired) electrons. The minimum absolute atomic E-state index is 0.105. The monoisotopic (exact) mass is 418 g/mol. The fourth-order valence-electron chi connectivity index (χ4n) is 2.06. The number of benzene rings is 2. The van der Waals surface area contributed by atoms with Crippen LogP contribution >= 0.6 is 46.4 Å². The van der Waals surface area contributed by atoms with Crippen molar-refractivity contribution in [2.75, 3.05) is 18.9 Å². The zero-order chi connectivity index (χ0) is 18.6. The van der Waals surface area contributed by atoms with Crippen LogP contribution < -0.4 is 5.32 Å². The Hall–Kier alpha value is -1.46. The number of halogens is 4. The van der Waals surface area contributed by atoms with Crippen LogP contribution in [0.1, 0.15) is 5.56 Å². The molecule has 0 aromatic heterocycles. The average Bonchev–Trinajstić information content (AvgIpc) is 2.54. The summed E-state index contributed by atoms with van der Waals surface area (Å²) < 4.78 is 0. The smallest absolute Gasteiger partial charge is 0.244 e. The van der Waals surface area contributed by atoms with Crippen molar-refractivity contribution in [3.63, 3.8) is 0 Å².